The van der Waals surface area contributed by atoms with E-state index in [1.807, 2.05) is 72.8 Å². The lowest BCUT2D eigenvalue weighted by atomic mass is 9.84. The van der Waals surface area contributed by atoms with Crippen LogP contribution in [-0.2, 0) is 21.7 Å². The highest BCUT2D eigenvalue weighted by Gasteiger charge is 2.37. The van der Waals surface area contributed by atoms with Crippen LogP contribution in [-0.4, -0.2) is 51.7 Å². The Morgan fingerprint density at radius 3 is 2.32 bits per heavy atom. The molecule has 44 heavy (non-hydrogen) atoms. The third kappa shape index (κ3) is 7.18. The first-order valence-electron chi connectivity index (χ1n) is 14.9. The van der Waals surface area contributed by atoms with Gasteiger partial charge in [-0.05, 0) is 65.9 Å². The van der Waals surface area contributed by atoms with Crippen molar-refractivity contribution in [3.05, 3.63) is 130 Å². The zero-order chi connectivity index (χ0) is 30.5. The molecule has 0 saturated carbocycles. The van der Waals surface area contributed by atoms with E-state index in [2.05, 4.69) is 15.2 Å². The van der Waals surface area contributed by atoms with Gasteiger partial charge in [0.05, 0.1) is 30.0 Å². The van der Waals surface area contributed by atoms with Crippen LogP contribution in [0.4, 0.5) is 5.69 Å². The van der Waals surface area contributed by atoms with E-state index < -0.39 is 11.9 Å². The number of piperidine rings is 1. The number of carbonyl (C=O) groups is 1. The number of nitrogens with zero attached hydrogens (tertiary/aromatic N) is 2. The molecule has 2 fully saturated rings. The molecule has 8 nitrogen and oxygen atoms in total. The highest BCUT2D eigenvalue weighted by molar-refractivity contribution is 6.30. The first-order valence-corrected chi connectivity index (χ1v) is 15.3. The van der Waals surface area contributed by atoms with E-state index in [0.717, 1.165) is 35.3 Å². The van der Waals surface area contributed by atoms with Crippen LogP contribution in [0.5, 0.6) is 0 Å². The minimum absolute atomic E-state index is 0.0127. The predicted molar refractivity (Wildman–Crippen MR) is 168 cm³/mol. The van der Waals surface area contributed by atoms with Crippen molar-refractivity contribution < 1.29 is 24.5 Å². The number of hydrogen-bond donors (Lipinski definition) is 3. The molecule has 9 heteroatoms. The standard InChI is InChI=1S/C35H36ClN3O5/c36-29-11-9-28(10-12-29)35(42)15-18-39(19-16-35)22-31-20-32(25-5-3-24(23-40)4-6-25)44-34(43-31)26-7-13-30(14-8-26)38-33(41)27-2-1-17-37-21-27/h1-14,17,21,31-32,34,40,42H,15-16,18-20,22-23H2,(H,38,41)/t31-,32+,34+/m0/s1. The van der Waals surface area contributed by atoms with Crippen molar-refractivity contribution >= 4 is 23.2 Å². The number of amides is 1. The molecule has 6 rings (SSSR count). The summed E-state index contributed by atoms with van der Waals surface area (Å²) in [5.41, 5.74) is 3.89. The van der Waals surface area contributed by atoms with E-state index >= 15 is 0 Å². The van der Waals surface area contributed by atoms with Gasteiger partial charge in [-0.15, -0.1) is 0 Å². The Bertz CT molecular complexity index is 1530. The summed E-state index contributed by atoms with van der Waals surface area (Å²) in [4.78, 5) is 18.9. The second-order valence-electron chi connectivity index (χ2n) is 11.5. The number of aliphatic hydroxyl groups excluding tert-OH is 1. The van der Waals surface area contributed by atoms with Crippen LogP contribution in [0.15, 0.2) is 97.3 Å². The van der Waals surface area contributed by atoms with Crippen molar-refractivity contribution in [1.82, 2.24) is 9.88 Å². The minimum atomic E-state index is -0.870. The molecule has 3 heterocycles. The van der Waals surface area contributed by atoms with E-state index in [-0.39, 0.29) is 24.7 Å². The number of nitrogens with one attached hydrogen (secondary N) is 1. The number of likely N-dealkylation sites (tertiary alicyclic amines) is 1. The third-order valence-electron chi connectivity index (χ3n) is 8.51. The number of carbonyl (C=O) groups excluding carboxylic acids is 1. The summed E-state index contributed by atoms with van der Waals surface area (Å²) in [7, 11) is 0. The van der Waals surface area contributed by atoms with Gasteiger partial charge in [-0.1, -0.05) is 60.1 Å². The smallest absolute Gasteiger partial charge is 0.257 e. The van der Waals surface area contributed by atoms with Crippen molar-refractivity contribution in [3.63, 3.8) is 0 Å². The summed E-state index contributed by atoms with van der Waals surface area (Å²) < 4.78 is 13.0. The summed E-state index contributed by atoms with van der Waals surface area (Å²) >= 11 is 6.06. The molecular weight excluding hydrogens is 578 g/mol. The van der Waals surface area contributed by atoms with Gasteiger partial charge in [0.25, 0.3) is 5.91 Å². The topological polar surface area (TPSA) is 104 Å². The predicted octanol–water partition coefficient (Wildman–Crippen LogP) is 6.01. The number of anilines is 1. The van der Waals surface area contributed by atoms with Crippen molar-refractivity contribution in [2.75, 3.05) is 25.0 Å². The Morgan fingerprint density at radius 1 is 0.955 bits per heavy atom. The second-order valence-corrected chi connectivity index (χ2v) is 11.9. The molecule has 2 aliphatic heterocycles. The lowest BCUT2D eigenvalue weighted by Gasteiger charge is -2.42. The van der Waals surface area contributed by atoms with Crippen LogP contribution < -0.4 is 5.32 Å². The second kappa shape index (κ2) is 13.6. The Hall–Kier alpha value is -3.63. The van der Waals surface area contributed by atoms with Crippen molar-refractivity contribution in [3.8, 4) is 0 Å². The molecule has 3 atom stereocenters. The Morgan fingerprint density at radius 2 is 1.66 bits per heavy atom. The molecule has 2 saturated heterocycles. The molecule has 3 aromatic carbocycles. The van der Waals surface area contributed by atoms with Crippen LogP contribution in [0.2, 0.25) is 5.02 Å². The number of rotatable bonds is 8. The van der Waals surface area contributed by atoms with Gasteiger partial charge < -0.3 is 29.9 Å². The van der Waals surface area contributed by atoms with Gasteiger partial charge in [0, 0.05) is 54.7 Å². The van der Waals surface area contributed by atoms with E-state index in [1.54, 1.807) is 18.3 Å². The summed E-state index contributed by atoms with van der Waals surface area (Å²) in [5, 5.41) is 24.4. The molecule has 0 aliphatic carbocycles. The van der Waals surface area contributed by atoms with Crippen LogP contribution in [0.25, 0.3) is 0 Å². The number of pyridine rings is 1. The van der Waals surface area contributed by atoms with E-state index in [4.69, 9.17) is 21.1 Å². The van der Waals surface area contributed by atoms with Gasteiger partial charge in [-0.25, -0.2) is 0 Å². The number of benzene rings is 3. The van der Waals surface area contributed by atoms with Gasteiger partial charge in [-0.3, -0.25) is 9.78 Å². The third-order valence-corrected chi connectivity index (χ3v) is 8.76. The van der Waals surface area contributed by atoms with Crippen LogP contribution in [0, 0.1) is 0 Å². The van der Waals surface area contributed by atoms with Gasteiger partial charge in [0.15, 0.2) is 6.29 Å². The monoisotopic (exact) mass is 613 g/mol. The summed E-state index contributed by atoms with van der Waals surface area (Å²) in [6, 6.07) is 26.2. The van der Waals surface area contributed by atoms with Crippen molar-refractivity contribution in [1.29, 1.82) is 0 Å². The maximum atomic E-state index is 12.6. The maximum Gasteiger partial charge on any atom is 0.257 e. The van der Waals surface area contributed by atoms with Gasteiger partial charge in [0.2, 0.25) is 0 Å². The Balaban J connectivity index is 1.14. The highest BCUT2D eigenvalue weighted by Crippen LogP contribution is 2.39. The number of aromatic nitrogens is 1. The quantitative estimate of drug-likeness (QED) is 0.224. The molecule has 3 N–H and O–H groups in total. The van der Waals surface area contributed by atoms with E-state index in [9.17, 15) is 15.0 Å². The number of aliphatic hydroxyl groups is 2. The van der Waals surface area contributed by atoms with Gasteiger partial charge in [-0.2, -0.15) is 0 Å². The summed E-state index contributed by atoms with van der Waals surface area (Å²) in [6.07, 6.45) is 4.17. The summed E-state index contributed by atoms with van der Waals surface area (Å²) in [5.74, 6) is -0.230. The fourth-order valence-corrected chi connectivity index (χ4v) is 6.03. The maximum absolute atomic E-state index is 12.6. The van der Waals surface area contributed by atoms with Crippen LogP contribution in [0.1, 0.15) is 64.3 Å². The fraction of sp³-hybridized carbons (Fsp3) is 0.314. The average molecular weight is 614 g/mol. The first-order chi connectivity index (χ1) is 21.4. The highest BCUT2D eigenvalue weighted by atomic mass is 35.5. The molecule has 1 amide bonds. The number of ether oxygens (including phenoxy) is 2. The van der Waals surface area contributed by atoms with Crippen LogP contribution >= 0.6 is 11.6 Å². The molecule has 0 bridgehead atoms. The van der Waals surface area contributed by atoms with Gasteiger partial charge in [0.1, 0.15) is 0 Å². The minimum Gasteiger partial charge on any atom is -0.392 e. The van der Waals surface area contributed by atoms with Crippen molar-refractivity contribution in [2.45, 2.75) is 50.0 Å². The molecular formula is C35H36ClN3O5. The van der Waals surface area contributed by atoms with E-state index in [0.29, 0.717) is 42.1 Å². The molecule has 0 spiro atoms. The summed E-state index contributed by atoms with van der Waals surface area (Å²) in [6.45, 7) is 2.18. The van der Waals surface area contributed by atoms with E-state index in [1.165, 1.54) is 6.20 Å². The lowest BCUT2D eigenvalue weighted by Crippen LogP contribution is -2.46. The zero-order valence-corrected chi connectivity index (χ0v) is 25.1. The molecule has 0 radical (unpaired) electrons. The Labute approximate surface area is 262 Å². The van der Waals surface area contributed by atoms with Gasteiger partial charge >= 0.3 is 0 Å². The average Bonchev–Trinajstić information content (AvgIpc) is 3.07. The fourth-order valence-electron chi connectivity index (χ4n) is 5.90. The Kier molecular flexibility index (Phi) is 9.37. The zero-order valence-electron chi connectivity index (χ0n) is 24.3. The molecule has 0 unspecified atom stereocenters. The largest absolute Gasteiger partial charge is 0.392 e. The molecule has 1 aromatic heterocycles. The first kappa shape index (κ1) is 30.4. The number of halogens is 1. The molecule has 4 aromatic rings. The van der Waals surface area contributed by atoms with Crippen molar-refractivity contribution in [2.24, 2.45) is 0 Å². The van der Waals surface area contributed by atoms with Crippen LogP contribution in [0.3, 0.4) is 0 Å². The lowest BCUT2D eigenvalue weighted by molar-refractivity contribution is -0.253. The SMILES string of the molecule is O=C(Nc1ccc([C@@H]2O[C@H](CN3CCC(O)(c4ccc(Cl)cc4)CC3)C[C@H](c3ccc(CO)cc3)O2)cc1)c1cccnc1. The molecule has 2 aliphatic rings. The number of hydrogen-bond acceptors (Lipinski definition) is 7. The normalized spacial score (nSPS) is 21.9. The molecule has 228 valence electrons.